The van der Waals surface area contributed by atoms with Gasteiger partial charge in [-0.15, -0.1) is 0 Å². The average molecular weight is 858 g/mol. The summed E-state index contributed by atoms with van der Waals surface area (Å²) >= 11 is 13.6. The van der Waals surface area contributed by atoms with E-state index < -0.39 is 16.8 Å². The highest BCUT2D eigenvalue weighted by molar-refractivity contribution is 6.34. The number of carbonyl (C=O) groups excluding carboxylic acids is 3. The molecule has 60 heavy (non-hydrogen) atoms. The normalized spacial score (nSPS) is 15.6. The third-order valence-corrected chi connectivity index (χ3v) is 11.2. The van der Waals surface area contributed by atoms with Crippen LogP contribution >= 0.6 is 23.2 Å². The monoisotopic (exact) mass is 856 g/mol. The number of likely N-dealkylation sites (tertiary alicyclic amines) is 2. The lowest BCUT2D eigenvalue weighted by molar-refractivity contribution is -0.141. The zero-order chi connectivity index (χ0) is 42.9. The summed E-state index contributed by atoms with van der Waals surface area (Å²) < 4.78 is 8.86. The quantitative estimate of drug-likeness (QED) is 0.137. The molecule has 7 rings (SSSR count). The molecule has 0 radical (unpaired) electrons. The first-order chi connectivity index (χ1) is 28.5. The predicted octanol–water partition coefficient (Wildman–Crippen LogP) is 7.99. The molecule has 316 valence electrons. The van der Waals surface area contributed by atoms with Crippen LogP contribution in [0, 0.1) is 10.8 Å². The number of aromatic nitrogens is 8. The fraction of sp³-hybridized carbons (Fsp3) is 0.452. The number of esters is 1. The van der Waals surface area contributed by atoms with Crippen molar-refractivity contribution in [2.75, 3.05) is 43.9 Å². The Labute approximate surface area is 359 Å². The van der Waals surface area contributed by atoms with Gasteiger partial charge in [-0.05, 0) is 37.8 Å². The predicted molar refractivity (Wildman–Crippen MR) is 229 cm³/mol. The van der Waals surface area contributed by atoms with E-state index in [1.165, 1.54) is 19.5 Å². The van der Waals surface area contributed by atoms with Gasteiger partial charge in [0.2, 0.25) is 23.7 Å². The Balaban J connectivity index is 1.10. The van der Waals surface area contributed by atoms with Crippen molar-refractivity contribution in [2.45, 2.75) is 79.3 Å². The molecule has 0 atom stereocenters. The smallest absolute Gasteiger partial charge is 0.337 e. The zero-order valence-electron chi connectivity index (χ0n) is 34.9. The van der Waals surface area contributed by atoms with Gasteiger partial charge in [-0.1, -0.05) is 70.8 Å². The number of carbonyl (C=O) groups is 3. The average Bonchev–Trinajstić information content (AvgIpc) is 3.91. The highest BCUT2D eigenvalue weighted by Gasteiger charge is 2.32. The minimum atomic E-state index is -0.549. The molecule has 16 nitrogen and oxygen atoms in total. The van der Waals surface area contributed by atoms with Crippen molar-refractivity contribution in [1.82, 2.24) is 49.3 Å². The molecule has 0 bridgehead atoms. The topological polar surface area (TPSA) is 178 Å². The van der Waals surface area contributed by atoms with Crippen molar-refractivity contribution in [1.29, 1.82) is 0 Å². The van der Waals surface area contributed by atoms with Crippen LogP contribution in [0.25, 0.3) is 22.5 Å². The van der Waals surface area contributed by atoms with E-state index in [0.29, 0.717) is 60.1 Å². The lowest BCUT2D eigenvalue weighted by Crippen LogP contribution is -2.44. The summed E-state index contributed by atoms with van der Waals surface area (Å²) in [5, 5.41) is 16.2. The molecule has 0 unspecified atom stereocenters. The molecular weight excluding hydrogens is 807 g/mol. The van der Waals surface area contributed by atoms with Gasteiger partial charge >= 0.3 is 5.97 Å². The van der Waals surface area contributed by atoms with Gasteiger partial charge in [0.25, 0.3) is 0 Å². The van der Waals surface area contributed by atoms with Crippen molar-refractivity contribution in [3.63, 3.8) is 0 Å². The molecule has 18 heteroatoms. The summed E-state index contributed by atoms with van der Waals surface area (Å²) in [4.78, 5) is 60.7. The van der Waals surface area contributed by atoms with Crippen LogP contribution in [0.3, 0.4) is 0 Å². The Kier molecular flexibility index (Phi) is 12.2. The van der Waals surface area contributed by atoms with Crippen LogP contribution in [0.2, 0.25) is 10.0 Å². The van der Waals surface area contributed by atoms with Crippen LogP contribution in [-0.2, 0) is 14.3 Å². The van der Waals surface area contributed by atoms with E-state index in [9.17, 15) is 14.4 Å². The van der Waals surface area contributed by atoms with Crippen LogP contribution in [-0.4, -0.2) is 100 Å². The first-order valence-electron chi connectivity index (χ1n) is 20.0. The number of methoxy groups -OCH3 is 1. The van der Waals surface area contributed by atoms with Gasteiger partial charge in [0.05, 0.1) is 82.4 Å². The molecule has 2 saturated heterocycles. The summed E-state index contributed by atoms with van der Waals surface area (Å²) in [6.45, 7) is 14.3. The highest BCUT2D eigenvalue weighted by Crippen LogP contribution is 2.39. The zero-order valence-corrected chi connectivity index (χ0v) is 36.4. The van der Waals surface area contributed by atoms with Crippen molar-refractivity contribution in [3.8, 4) is 22.5 Å². The van der Waals surface area contributed by atoms with Gasteiger partial charge in [0.15, 0.2) is 0 Å². The molecular formula is C42H50Cl2N12O4. The Hall–Kier alpha value is -5.61. The Morgan fingerprint density at radius 3 is 1.52 bits per heavy atom. The molecule has 0 spiro atoms. The van der Waals surface area contributed by atoms with Gasteiger partial charge in [0.1, 0.15) is 0 Å². The molecule has 0 aliphatic carbocycles. The summed E-state index contributed by atoms with van der Waals surface area (Å²) in [6, 6.07) is 5.24. The number of benzene rings is 1. The number of ether oxygens (including phenoxy) is 1. The van der Waals surface area contributed by atoms with Crippen molar-refractivity contribution in [2.24, 2.45) is 10.8 Å². The molecule has 0 saturated carbocycles. The maximum Gasteiger partial charge on any atom is 0.337 e. The number of rotatable bonds is 9. The number of hydrogen-bond acceptors (Lipinski definition) is 12. The molecule has 2 aliphatic rings. The van der Waals surface area contributed by atoms with Crippen molar-refractivity contribution >= 4 is 64.3 Å². The van der Waals surface area contributed by atoms with Gasteiger partial charge in [-0.3, -0.25) is 19.0 Å². The fourth-order valence-corrected chi connectivity index (χ4v) is 7.89. The number of amides is 2. The lowest BCUT2D eigenvalue weighted by atomic mass is 9.93. The molecule has 2 amide bonds. The van der Waals surface area contributed by atoms with E-state index in [-0.39, 0.29) is 51.4 Å². The van der Waals surface area contributed by atoms with E-state index in [1.807, 2.05) is 73.1 Å². The van der Waals surface area contributed by atoms with Gasteiger partial charge < -0.3 is 25.2 Å². The minimum absolute atomic E-state index is 0.137. The van der Waals surface area contributed by atoms with Crippen LogP contribution in [0.5, 0.6) is 0 Å². The first kappa shape index (κ1) is 42.5. The summed E-state index contributed by atoms with van der Waals surface area (Å²) in [5.41, 5.74) is 2.44. The second-order valence-corrected chi connectivity index (χ2v) is 18.1. The van der Waals surface area contributed by atoms with Crippen molar-refractivity contribution in [3.05, 3.63) is 71.0 Å². The van der Waals surface area contributed by atoms with E-state index in [4.69, 9.17) is 37.9 Å². The Bertz CT molecular complexity index is 2390. The van der Waals surface area contributed by atoms with Crippen LogP contribution in [0.4, 0.5) is 23.3 Å². The number of hydrogen-bond donors (Lipinski definition) is 2. The molecule has 1 aromatic carbocycles. The Morgan fingerprint density at radius 1 is 0.667 bits per heavy atom. The molecule has 2 fully saturated rings. The maximum atomic E-state index is 12.8. The summed E-state index contributed by atoms with van der Waals surface area (Å²) in [6.07, 6.45) is 13.3. The standard InChI is InChI=1S/C42H50Cl2N12O4/c1-41(2,3)37(58)53-14-10-28(11-15-53)55-23-26(19-47-55)49-39-45-21-32(43)34(51-39)30-9-8-25(36(57)60-7)18-31(30)35-33(44)22-46-40(52-35)50-27-20-48-56(24-27)29-12-16-54(17-13-29)38(59)42(4,5)6/h8-9,18-24,28-29H,10-17H2,1-7H3,(H,45,49,51)(H,46,50,52). The third-order valence-electron chi connectivity index (χ3n) is 10.7. The molecule has 6 heterocycles. The van der Waals surface area contributed by atoms with E-state index >= 15 is 0 Å². The fourth-order valence-electron chi connectivity index (χ4n) is 7.50. The van der Waals surface area contributed by atoms with Gasteiger partial charge in [-0.2, -0.15) is 10.2 Å². The van der Waals surface area contributed by atoms with Crippen LogP contribution in [0.15, 0.2) is 55.4 Å². The molecule has 2 aliphatic heterocycles. The van der Waals surface area contributed by atoms with E-state index in [0.717, 1.165) is 25.7 Å². The molecule has 5 aromatic rings. The molecule has 4 aromatic heterocycles. The number of piperidine rings is 2. The number of nitrogens with one attached hydrogen (secondary N) is 2. The SMILES string of the molecule is COC(=O)c1ccc(-c2nc(Nc3cnn(C4CCN(C(=O)C(C)(C)C)CC4)c3)ncc2Cl)c(-c2nc(Nc3cnn(C4CCN(C(=O)C(C)(C)C)CC4)c3)ncc2Cl)c1. The van der Waals surface area contributed by atoms with Crippen LogP contribution in [0.1, 0.15) is 89.7 Å². The van der Waals surface area contributed by atoms with E-state index in [1.54, 1.807) is 30.6 Å². The first-order valence-corrected chi connectivity index (χ1v) is 20.7. The summed E-state index contributed by atoms with van der Waals surface area (Å²) in [7, 11) is 1.31. The second kappa shape index (κ2) is 17.2. The van der Waals surface area contributed by atoms with Gasteiger partial charge in [-0.25, -0.2) is 24.7 Å². The maximum absolute atomic E-state index is 12.8. The third kappa shape index (κ3) is 9.39. The van der Waals surface area contributed by atoms with E-state index in [2.05, 4.69) is 30.8 Å². The van der Waals surface area contributed by atoms with Gasteiger partial charge in [0, 0.05) is 60.5 Å². The largest absolute Gasteiger partial charge is 0.465 e. The summed E-state index contributed by atoms with van der Waals surface area (Å²) in [5.74, 6) is 0.273. The van der Waals surface area contributed by atoms with Crippen LogP contribution < -0.4 is 10.6 Å². The van der Waals surface area contributed by atoms with Crippen molar-refractivity contribution < 1.29 is 19.1 Å². The second-order valence-electron chi connectivity index (χ2n) is 17.2. The lowest BCUT2D eigenvalue weighted by Gasteiger charge is -2.35. The Morgan fingerprint density at radius 2 is 1.10 bits per heavy atom. The number of halogens is 2. The number of anilines is 4. The minimum Gasteiger partial charge on any atom is -0.465 e. The number of nitrogens with zero attached hydrogens (tertiary/aromatic N) is 10. The highest BCUT2D eigenvalue weighted by atomic mass is 35.5. The molecule has 2 N–H and O–H groups in total.